The molecule has 0 unspecified atom stereocenters. The van der Waals surface area contributed by atoms with Crippen LogP contribution in [0.4, 0.5) is 0 Å². The van der Waals surface area contributed by atoms with Crippen LogP contribution in [-0.4, -0.2) is 14.7 Å². The molecule has 1 aromatic rings. The standard InChI is InChI=1S/C10H13ClO3S/c1-7(2)8-4-5-10(9(11)6-8)14-15(3,12)13/h4-7H,1-3H3. The van der Waals surface area contributed by atoms with Crippen molar-refractivity contribution in [2.75, 3.05) is 6.26 Å². The van der Waals surface area contributed by atoms with Crippen LogP contribution in [0.25, 0.3) is 0 Å². The highest BCUT2D eigenvalue weighted by atomic mass is 35.5. The molecule has 1 rings (SSSR count). The van der Waals surface area contributed by atoms with Crippen molar-refractivity contribution in [1.29, 1.82) is 0 Å². The minimum atomic E-state index is -3.52. The van der Waals surface area contributed by atoms with Crippen LogP contribution in [0, 0.1) is 0 Å². The van der Waals surface area contributed by atoms with Gasteiger partial charge < -0.3 is 4.18 Å². The summed E-state index contributed by atoms with van der Waals surface area (Å²) in [6.07, 6.45) is 0.986. The Hall–Kier alpha value is -0.740. The first kappa shape index (κ1) is 12.3. The molecule has 3 nitrogen and oxygen atoms in total. The van der Waals surface area contributed by atoms with E-state index >= 15 is 0 Å². The average molecular weight is 249 g/mol. The number of hydrogen-bond acceptors (Lipinski definition) is 3. The maximum Gasteiger partial charge on any atom is 0.306 e. The minimum absolute atomic E-state index is 0.170. The summed E-state index contributed by atoms with van der Waals surface area (Å²) in [6, 6.07) is 5.09. The SMILES string of the molecule is CC(C)c1ccc(OS(C)(=O)=O)c(Cl)c1. The fourth-order valence-corrected chi connectivity index (χ4v) is 1.85. The van der Waals surface area contributed by atoms with Gasteiger partial charge in [0, 0.05) is 0 Å². The van der Waals surface area contributed by atoms with Gasteiger partial charge in [-0.3, -0.25) is 0 Å². The lowest BCUT2D eigenvalue weighted by atomic mass is 10.0. The molecule has 0 heterocycles. The molecule has 15 heavy (non-hydrogen) atoms. The number of benzene rings is 1. The van der Waals surface area contributed by atoms with Gasteiger partial charge >= 0.3 is 10.1 Å². The molecule has 84 valence electrons. The molecule has 0 bridgehead atoms. The first-order valence-corrected chi connectivity index (χ1v) is 6.68. The van der Waals surface area contributed by atoms with E-state index in [0.717, 1.165) is 11.8 Å². The molecule has 0 aliphatic heterocycles. The monoisotopic (exact) mass is 248 g/mol. The van der Waals surface area contributed by atoms with Crippen molar-refractivity contribution in [3.63, 3.8) is 0 Å². The normalized spacial score (nSPS) is 11.8. The molecule has 5 heteroatoms. The number of halogens is 1. The molecular weight excluding hydrogens is 236 g/mol. The maximum absolute atomic E-state index is 10.9. The lowest BCUT2D eigenvalue weighted by Crippen LogP contribution is -2.06. The van der Waals surface area contributed by atoms with E-state index in [1.807, 2.05) is 13.8 Å². The summed E-state index contributed by atoms with van der Waals surface area (Å²) in [5.74, 6) is 0.512. The van der Waals surface area contributed by atoms with E-state index in [1.165, 1.54) is 0 Å². The summed E-state index contributed by atoms with van der Waals surface area (Å²) in [4.78, 5) is 0. The van der Waals surface area contributed by atoms with Crippen LogP contribution >= 0.6 is 11.6 Å². The smallest absolute Gasteiger partial charge is 0.306 e. The topological polar surface area (TPSA) is 43.4 Å². The van der Waals surface area contributed by atoms with Gasteiger partial charge in [0.05, 0.1) is 11.3 Å². The first-order valence-electron chi connectivity index (χ1n) is 4.48. The van der Waals surface area contributed by atoms with Crippen LogP contribution in [0.1, 0.15) is 25.3 Å². The van der Waals surface area contributed by atoms with Gasteiger partial charge in [-0.25, -0.2) is 0 Å². The fraction of sp³-hybridized carbons (Fsp3) is 0.400. The summed E-state index contributed by atoms with van der Waals surface area (Å²) in [5, 5.41) is 0.312. The van der Waals surface area contributed by atoms with Crippen LogP contribution in [0.3, 0.4) is 0 Å². The van der Waals surface area contributed by atoms with Gasteiger partial charge in [0.1, 0.15) is 0 Å². The molecule has 0 amide bonds. The van der Waals surface area contributed by atoms with Crippen LogP contribution < -0.4 is 4.18 Å². The lowest BCUT2D eigenvalue weighted by Gasteiger charge is -2.09. The van der Waals surface area contributed by atoms with E-state index in [-0.39, 0.29) is 5.75 Å². The van der Waals surface area contributed by atoms with Crippen molar-refractivity contribution in [3.8, 4) is 5.75 Å². The van der Waals surface area contributed by atoms with E-state index in [0.29, 0.717) is 10.9 Å². The van der Waals surface area contributed by atoms with E-state index < -0.39 is 10.1 Å². The first-order chi connectivity index (χ1) is 6.79. The highest BCUT2D eigenvalue weighted by Crippen LogP contribution is 2.29. The molecular formula is C10H13ClO3S. The van der Waals surface area contributed by atoms with Crippen molar-refractivity contribution >= 4 is 21.7 Å². The van der Waals surface area contributed by atoms with Crippen molar-refractivity contribution in [1.82, 2.24) is 0 Å². The Morgan fingerprint density at radius 2 is 1.93 bits per heavy atom. The Morgan fingerprint density at radius 3 is 2.33 bits per heavy atom. The van der Waals surface area contributed by atoms with E-state index in [9.17, 15) is 8.42 Å². The van der Waals surface area contributed by atoms with Crippen molar-refractivity contribution in [2.45, 2.75) is 19.8 Å². The van der Waals surface area contributed by atoms with E-state index in [2.05, 4.69) is 0 Å². The molecule has 0 saturated heterocycles. The third-order valence-electron chi connectivity index (χ3n) is 1.86. The van der Waals surface area contributed by atoms with Gasteiger partial charge in [-0.05, 0) is 23.6 Å². The zero-order chi connectivity index (χ0) is 11.6. The van der Waals surface area contributed by atoms with Crippen LogP contribution in [0.2, 0.25) is 5.02 Å². The summed E-state index contributed by atoms with van der Waals surface area (Å²) < 4.78 is 26.5. The van der Waals surface area contributed by atoms with E-state index in [1.54, 1.807) is 18.2 Å². The molecule has 1 aromatic carbocycles. The molecule has 0 fully saturated rings. The van der Waals surface area contributed by atoms with Gasteiger partial charge in [0.25, 0.3) is 0 Å². The Balaban J connectivity index is 3.04. The quantitative estimate of drug-likeness (QED) is 0.773. The van der Waals surface area contributed by atoms with Crippen LogP contribution in [0.5, 0.6) is 5.75 Å². The molecule has 0 radical (unpaired) electrons. The summed E-state index contributed by atoms with van der Waals surface area (Å²) in [6.45, 7) is 4.06. The zero-order valence-corrected chi connectivity index (χ0v) is 10.4. The van der Waals surface area contributed by atoms with Crippen LogP contribution in [0.15, 0.2) is 18.2 Å². The molecule has 0 aromatic heterocycles. The average Bonchev–Trinajstić information content (AvgIpc) is 2.05. The van der Waals surface area contributed by atoms with Gasteiger partial charge in [-0.2, -0.15) is 8.42 Å². The Morgan fingerprint density at radius 1 is 1.33 bits per heavy atom. The highest BCUT2D eigenvalue weighted by molar-refractivity contribution is 7.86. The third kappa shape index (κ3) is 3.72. The summed E-state index contributed by atoms with van der Waals surface area (Å²) >= 11 is 5.89. The van der Waals surface area contributed by atoms with E-state index in [4.69, 9.17) is 15.8 Å². The maximum atomic E-state index is 10.9. The second-order valence-corrected chi connectivity index (χ2v) is 5.61. The Kier molecular flexibility index (Phi) is 3.62. The molecule has 0 aliphatic rings. The van der Waals surface area contributed by atoms with Gasteiger partial charge in [0.2, 0.25) is 0 Å². The largest absolute Gasteiger partial charge is 0.381 e. The molecule has 0 atom stereocenters. The minimum Gasteiger partial charge on any atom is -0.381 e. The number of rotatable bonds is 3. The number of hydrogen-bond donors (Lipinski definition) is 0. The van der Waals surface area contributed by atoms with Gasteiger partial charge in [-0.15, -0.1) is 0 Å². The summed E-state index contributed by atoms with van der Waals surface area (Å²) in [7, 11) is -3.52. The molecule has 0 N–H and O–H groups in total. The predicted molar refractivity (Wildman–Crippen MR) is 61.0 cm³/mol. The van der Waals surface area contributed by atoms with Gasteiger partial charge in [0.15, 0.2) is 5.75 Å². The van der Waals surface area contributed by atoms with Crippen molar-refractivity contribution < 1.29 is 12.6 Å². The van der Waals surface area contributed by atoms with Crippen molar-refractivity contribution in [3.05, 3.63) is 28.8 Å². The van der Waals surface area contributed by atoms with Crippen molar-refractivity contribution in [2.24, 2.45) is 0 Å². The second kappa shape index (κ2) is 4.41. The second-order valence-electron chi connectivity index (χ2n) is 3.63. The molecule has 0 spiro atoms. The fourth-order valence-electron chi connectivity index (χ4n) is 1.11. The predicted octanol–water partition coefficient (Wildman–Crippen LogP) is 2.80. The Bertz CT molecular complexity index is 452. The van der Waals surface area contributed by atoms with Crippen LogP contribution in [-0.2, 0) is 10.1 Å². The third-order valence-corrected chi connectivity index (χ3v) is 2.64. The van der Waals surface area contributed by atoms with Gasteiger partial charge in [-0.1, -0.05) is 31.5 Å². The Labute approximate surface area is 95.1 Å². The zero-order valence-electron chi connectivity index (χ0n) is 8.82. The summed E-state index contributed by atoms with van der Waals surface area (Å²) in [5.41, 5.74) is 1.04. The lowest BCUT2D eigenvalue weighted by molar-refractivity contribution is 0.493. The molecule has 0 aliphatic carbocycles. The highest BCUT2D eigenvalue weighted by Gasteiger charge is 2.10. The molecule has 0 saturated carbocycles.